The summed E-state index contributed by atoms with van der Waals surface area (Å²) in [4.78, 5) is 31.4. The quantitative estimate of drug-likeness (QED) is 0.584. The van der Waals surface area contributed by atoms with Crippen LogP contribution < -0.4 is 14.8 Å². The number of anilines is 1. The highest BCUT2D eigenvalue weighted by Gasteiger charge is 2.31. The average molecular weight is 449 g/mol. The van der Waals surface area contributed by atoms with E-state index in [1.807, 2.05) is 17.0 Å². The molecule has 0 spiro atoms. The fourth-order valence-corrected chi connectivity index (χ4v) is 3.89. The van der Waals surface area contributed by atoms with Gasteiger partial charge in [0.25, 0.3) is 11.8 Å². The van der Waals surface area contributed by atoms with Gasteiger partial charge < -0.3 is 19.7 Å². The second-order valence-electron chi connectivity index (χ2n) is 7.65. The third-order valence-electron chi connectivity index (χ3n) is 5.48. The summed E-state index contributed by atoms with van der Waals surface area (Å²) < 4.78 is 24.0. The number of halogens is 1. The molecular formula is C25H24FN3O4. The number of carbonyl (C=O) groups excluding carboxylic acids is 2. The lowest BCUT2D eigenvalue weighted by Crippen LogP contribution is -2.30. The third kappa shape index (κ3) is 5.28. The first-order chi connectivity index (χ1) is 16.0. The average Bonchev–Trinajstić information content (AvgIpc) is 3.34. The van der Waals surface area contributed by atoms with Crippen LogP contribution in [-0.4, -0.2) is 42.0 Å². The van der Waals surface area contributed by atoms with Crippen molar-refractivity contribution in [3.63, 3.8) is 0 Å². The number of benzene rings is 2. The Labute approximate surface area is 191 Å². The number of pyridine rings is 1. The Morgan fingerprint density at radius 3 is 2.70 bits per heavy atom. The van der Waals surface area contributed by atoms with Crippen molar-refractivity contribution >= 4 is 17.5 Å². The van der Waals surface area contributed by atoms with Crippen molar-refractivity contribution in [1.29, 1.82) is 0 Å². The van der Waals surface area contributed by atoms with Crippen molar-refractivity contribution in [1.82, 2.24) is 9.88 Å². The zero-order valence-electron chi connectivity index (χ0n) is 18.2. The molecule has 1 aromatic heterocycles. The maximum Gasteiger partial charge on any atom is 0.262 e. The van der Waals surface area contributed by atoms with E-state index in [1.165, 1.54) is 31.4 Å². The van der Waals surface area contributed by atoms with Crippen LogP contribution >= 0.6 is 0 Å². The first-order valence-electron chi connectivity index (χ1n) is 10.6. The standard InChI is InChI=1S/C25H24FN3O4/c1-32-23-14-17(25(31)29-13-3-5-21(29)18-4-2-12-27-15-18)6-11-22(23)33-16-24(30)28-20-9-7-19(26)8-10-20/h2,4,6-12,14-15,21H,3,5,13,16H2,1H3,(H,28,30)/t21-/m1/s1. The first-order valence-corrected chi connectivity index (χ1v) is 10.6. The van der Waals surface area contributed by atoms with Crippen LogP contribution in [0.5, 0.6) is 11.5 Å². The van der Waals surface area contributed by atoms with Gasteiger partial charge in [0.2, 0.25) is 0 Å². The fraction of sp³-hybridized carbons (Fsp3) is 0.240. The number of aromatic nitrogens is 1. The van der Waals surface area contributed by atoms with E-state index in [1.54, 1.807) is 30.6 Å². The summed E-state index contributed by atoms with van der Waals surface area (Å²) in [5, 5.41) is 2.63. The molecule has 3 aromatic rings. The van der Waals surface area contributed by atoms with Crippen LogP contribution in [0.2, 0.25) is 0 Å². The number of ether oxygens (including phenoxy) is 2. The van der Waals surface area contributed by atoms with Gasteiger partial charge in [0.15, 0.2) is 18.1 Å². The van der Waals surface area contributed by atoms with E-state index in [-0.39, 0.29) is 24.4 Å². The molecule has 1 aliphatic heterocycles. The second-order valence-corrected chi connectivity index (χ2v) is 7.65. The van der Waals surface area contributed by atoms with E-state index >= 15 is 0 Å². The molecule has 0 saturated carbocycles. The van der Waals surface area contributed by atoms with Crippen LogP contribution in [0.3, 0.4) is 0 Å². The predicted octanol–water partition coefficient (Wildman–Crippen LogP) is 4.22. The molecule has 0 radical (unpaired) electrons. The number of nitrogens with zero attached hydrogens (tertiary/aromatic N) is 2. The highest BCUT2D eigenvalue weighted by atomic mass is 19.1. The predicted molar refractivity (Wildman–Crippen MR) is 121 cm³/mol. The Bertz CT molecular complexity index is 1120. The highest BCUT2D eigenvalue weighted by Crippen LogP contribution is 2.34. The van der Waals surface area contributed by atoms with Gasteiger partial charge in [0.05, 0.1) is 13.2 Å². The minimum atomic E-state index is -0.403. The van der Waals surface area contributed by atoms with Crippen molar-refractivity contribution in [3.05, 3.63) is 83.9 Å². The van der Waals surface area contributed by atoms with E-state index < -0.39 is 5.91 Å². The smallest absolute Gasteiger partial charge is 0.262 e. The van der Waals surface area contributed by atoms with Crippen LogP contribution in [0.25, 0.3) is 0 Å². The highest BCUT2D eigenvalue weighted by molar-refractivity contribution is 5.95. The lowest BCUT2D eigenvalue weighted by atomic mass is 10.1. The molecule has 1 aliphatic rings. The summed E-state index contributed by atoms with van der Waals surface area (Å²) in [5.41, 5.74) is 1.96. The SMILES string of the molecule is COc1cc(C(=O)N2CCC[C@@H]2c2cccnc2)ccc1OCC(=O)Nc1ccc(F)cc1. The summed E-state index contributed by atoms with van der Waals surface area (Å²) in [7, 11) is 1.48. The number of rotatable bonds is 7. The van der Waals surface area contributed by atoms with Crippen molar-refractivity contribution in [2.75, 3.05) is 25.6 Å². The van der Waals surface area contributed by atoms with Gasteiger partial charge in [-0.15, -0.1) is 0 Å². The maximum atomic E-state index is 13.2. The Morgan fingerprint density at radius 1 is 1.15 bits per heavy atom. The van der Waals surface area contributed by atoms with E-state index in [2.05, 4.69) is 10.3 Å². The number of hydrogen-bond acceptors (Lipinski definition) is 5. The Kier molecular flexibility index (Phi) is 6.83. The second kappa shape index (κ2) is 10.1. The monoisotopic (exact) mass is 449 g/mol. The van der Waals surface area contributed by atoms with E-state index in [4.69, 9.17) is 9.47 Å². The Balaban J connectivity index is 1.42. The van der Waals surface area contributed by atoms with Crippen LogP contribution in [0.4, 0.5) is 10.1 Å². The van der Waals surface area contributed by atoms with Gasteiger partial charge in [0, 0.05) is 30.2 Å². The van der Waals surface area contributed by atoms with Crippen molar-refractivity contribution in [2.24, 2.45) is 0 Å². The van der Waals surface area contributed by atoms with E-state index in [0.29, 0.717) is 29.3 Å². The zero-order chi connectivity index (χ0) is 23.2. The molecule has 0 unspecified atom stereocenters. The summed E-state index contributed by atoms with van der Waals surface area (Å²) in [6, 6.07) is 14.2. The van der Waals surface area contributed by atoms with Gasteiger partial charge in [-0.3, -0.25) is 14.6 Å². The molecule has 1 saturated heterocycles. The molecule has 0 bridgehead atoms. The summed E-state index contributed by atoms with van der Waals surface area (Å²) in [6.07, 6.45) is 5.32. The molecule has 1 N–H and O–H groups in total. The minimum absolute atomic E-state index is 0.0109. The molecule has 2 aromatic carbocycles. The van der Waals surface area contributed by atoms with Gasteiger partial charge >= 0.3 is 0 Å². The molecule has 2 amide bonds. The molecule has 2 heterocycles. The fourth-order valence-electron chi connectivity index (χ4n) is 3.89. The van der Waals surface area contributed by atoms with Crippen LogP contribution in [0, 0.1) is 5.82 Å². The van der Waals surface area contributed by atoms with Crippen molar-refractivity contribution in [2.45, 2.75) is 18.9 Å². The molecule has 1 atom stereocenters. The summed E-state index contributed by atoms with van der Waals surface area (Å²) in [5.74, 6) is -0.189. The largest absolute Gasteiger partial charge is 0.493 e. The van der Waals surface area contributed by atoms with Gasteiger partial charge in [0.1, 0.15) is 5.82 Å². The molecule has 1 fully saturated rings. The van der Waals surface area contributed by atoms with Gasteiger partial charge in [-0.1, -0.05) is 6.07 Å². The van der Waals surface area contributed by atoms with Gasteiger partial charge in [-0.25, -0.2) is 4.39 Å². The maximum absolute atomic E-state index is 13.2. The van der Waals surface area contributed by atoms with Gasteiger partial charge in [-0.05, 0) is 66.9 Å². The van der Waals surface area contributed by atoms with Crippen molar-refractivity contribution < 1.29 is 23.5 Å². The lowest BCUT2D eigenvalue weighted by molar-refractivity contribution is -0.118. The number of nitrogens with one attached hydrogen (secondary N) is 1. The van der Waals surface area contributed by atoms with E-state index in [0.717, 1.165) is 18.4 Å². The zero-order valence-corrected chi connectivity index (χ0v) is 18.2. The van der Waals surface area contributed by atoms with Crippen LogP contribution in [-0.2, 0) is 4.79 Å². The molecule has 33 heavy (non-hydrogen) atoms. The van der Waals surface area contributed by atoms with E-state index in [9.17, 15) is 14.0 Å². The van der Waals surface area contributed by atoms with Crippen LogP contribution in [0.15, 0.2) is 67.0 Å². The molecular weight excluding hydrogens is 425 g/mol. The number of likely N-dealkylation sites (tertiary alicyclic amines) is 1. The molecule has 0 aliphatic carbocycles. The molecule has 4 rings (SSSR count). The lowest BCUT2D eigenvalue weighted by Gasteiger charge is -2.25. The number of methoxy groups -OCH3 is 1. The first kappa shape index (κ1) is 22.3. The summed E-state index contributed by atoms with van der Waals surface area (Å²) >= 11 is 0. The molecule has 170 valence electrons. The minimum Gasteiger partial charge on any atom is -0.493 e. The van der Waals surface area contributed by atoms with Gasteiger partial charge in [-0.2, -0.15) is 0 Å². The van der Waals surface area contributed by atoms with Crippen LogP contribution in [0.1, 0.15) is 34.8 Å². The molecule has 8 heteroatoms. The van der Waals surface area contributed by atoms with Crippen molar-refractivity contribution in [3.8, 4) is 11.5 Å². The Hall–Kier alpha value is -3.94. The Morgan fingerprint density at radius 2 is 1.97 bits per heavy atom. The topological polar surface area (TPSA) is 80.8 Å². The number of carbonyl (C=O) groups is 2. The number of hydrogen-bond donors (Lipinski definition) is 1. The summed E-state index contributed by atoms with van der Waals surface area (Å²) in [6.45, 7) is 0.402. The molecule has 7 nitrogen and oxygen atoms in total. The third-order valence-corrected chi connectivity index (χ3v) is 5.48. The normalized spacial score (nSPS) is 15.2. The number of amides is 2.